The van der Waals surface area contributed by atoms with Crippen molar-refractivity contribution in [3.63, 3.8) is 0 Å². The maximum absolute atomic E-state index is 14.4. The summed E-state index contributed by atoms with van der Waals surface area (Å²) in [5, 5.41) is 2.98. The van der Waals surface area contributed by atoms with Crippen molar-refractivity contribution in [2.45, 2.75) is 19.0 Å². The van der Waals surface area contributed by atoms with E-state index < -0.39 is 17.8 Å². The first-order valence-electron chi connectivity index (χ1n) is 10.2. The number of likely N-dealkylation sites (N-methyl/N-ethyl adjacent to an activating group) is 1. The molecule has 0 heterocycles. The number of ether oxygens (including phenoxy) is 1. The van der Waals surface area contributed by atoms with Gasteiger partial charge in [0.15, 0.2) is 6.61 Å². The second kappa shape index (κ2) is 11.3. The third-order valence-electron chi connectivity index (χ3n) is 5.00. The molecule has 1 N–H and O–H groups in total. The number of carbonyl (C=O) groups is 2. The van der Waals surface area contributed by atoms with Gasteiger partial charge in [0.25, 0.3) is 5.91 Å². The van der Waals surface area contributed by atoms with E-state index in [1.165, 1.54) is 18.0 Å². The SMILES string of the molecule is CNC(=O)[C@@H](Cc1ccccc1)N(Cc1ccccc1F)C(=O)COc1ccccc1Cl. The number of nitrogens with zero attached hydrogens (tertiary/aromatic N) is 1. The van der Waals surface area contributed by atoms with Gasteiger partial charge in [-0.25, -0.2) is 4.39 Å². The Morgan fingerprint density at radius 1 is 1.00 bits per heavy atom. The fourth-order valence-corrected chi connectivity index (χ4v) is 3.51. The van der Waals surface area contributed by atoms with Crippen molar-refractivity contribution >= 4 is 23.4 Å². The molecule has 3 aromatic rings. The van der Waals surface area contributed by atoms with Crippen molar-refractivity contribution in [1.29, 1.82) is 0 Å². The van der Waals surface area contributed by atoms with Gasteiger partial charge in [0.2, 0.25) is 5.91 Å². The number of rotatable bonds is 9. The fourth-order valence-electron chi connectivity index (χ4n) is 3.31. The number of hydrogen-bond donors (Lipinski definition) is 1. The quantitative estimate of drug-likeness (QED) is 0.526. The van der Waals surface area contributed by atoms with E-state index in [1.807, 2.05) is 30.3 Å². The molecular formula is C25H24ClFN2O3. The van der Waals surface area contributed by atoms with Crippen LogP contribution in [0.25, 0.3) is 0 Å². The third-order valence-corrected chi connectivity index (χ3v) is 5.32. The Kier molecular flexibility index (Phi) is 8.22. The van der Waals surface area contributed by atoms with Gasteiger partial charge in [-0.15, -0.1) is 0 Å². The first-order valence-corrected chi connectivity index (χ1v) is 10.5. The number of carbonyl (C=O) groups excluding carboxylic acids is 2. The Hall–Kier alpha value is -3.38. The number of benzene rings is 3. The first kappa shape index (κ1) is 23.3. The van der Waals surface area contributed by atoms with Crippen LogP contribution < -0.4 is 10.1 Å². The zero-order chi connectivity index (χ0) is 22.9. The molecule has 7 heteroatoms. The topological polar surface area (TPSA) is 58.6 Å². The Labute approximate surface area is 191 Å². The first-order chi connectivity index (χ1) is 15.5. The normalized spacial score (nSPS) is 11.5. The summed E-state index contributed by atoms with van der Waals surface area (Å²) >= 11 is 6.12. The van der Waals surface area contributed by atoms with Gasteiger partial charge in [0, 0.05) is 25.6 Å². The summed E-state index contributed by atoms with van der Waals surface area (Å²) in [6.45, 7) is -0.428. The summed E-state index contributed by atoms with van der Waals surface area (Å²) in [4.78, 5) is 27.4. The standard InChI is InChI=1S/C25H24ClFN2O3/c1-28-25(31)22(15-18-9-3-2-4-10-18)29(16-19-11-5-7-13-21(19)27)24(30)17-32-23-14-8-6-12-20(23)26/h2-14,22H,15-17H2,1H3,(H,28,31)/t22-/m1/s1. The van der Waals surface area contributed by atoms with E-state index in [4.69, 9.17) is 16.3 Å². The van der Waals surface area contributed by atoms with Gasteiger partial charge in [-0.1, -0.05) is 72.3 Å². The summed E-state index contributed by atoms with van der Waals surface area (Å²) in [7, 11) is 1.51. The molecule has 2 amide bonds. The van der Waals surface area contributed by atoms with Gasteiger partial charge in [-0.2, -0.15) is 0 Å². The molecule has 0 radical (unpaired) electrons. The molecule has 0 aliphatic rings. The highest BCUT2D eigenvalue weighted by Gasteiger charge is 2.30. The van der Waals surface area contributed by atoms with Crippen molar-refractivity contribution in [2.24, 2.45) is 0 Å². The minimum atomic E-state index is -0.857. The molecule has 0 saturated carbocycles. The number of para-hydroxylation sites is 1. The lowest BCUT2D eigenvalue weighted by atomic mass is 10.0. The number of hydrogen-bond acceptors (Lipinski definition) is 3. The van der Waals surface area contributed by atoms with E-state index in [2.05, 4.69) is 5.32 Å². The van der Waals surface area contributed by atoms with Crippen molar-refractivity contribution < 1.29 is 18.7 Å². The average Bonchev–Trinajstić information content (AvgIpc) is 2.82. The van der Waals surface area contributed by atoms with E-state index in [0.29, 0.717) is 16.3 Å². The Balaban J connectivity index is 1.89. The molecular weight excluding hydrogens is 431 g/mol. The van der Waals surface area contributed by atoms with Crippen LogP contribution in [0, 0.1) is 5.82 Å². The summed E-state index contributed by atoms with van der Waals surface area (Å²) in [5.74, 6) is -0.908. The molecule has 0 unspecified atom stereocenters. The van der Waals surface area contributed by atoms with Crippen LogP contribution in [0.2, 0.25) is 5.02 Å². The molecule has 0 aliphatic carbocycles. The highest BCUT2D eigenvalue weighted by atomic mass is 35.5. The zero-order valence-corrected chi connectivity index (χ0v) is 18.4. The molecule has 0 fully saturated rings. The average molecular weight is 455 g/mol. The van der Waals surface area contributed by atoms with Gasteiger partial charge in [0.05, 0.1) is 5.02 Å². The molecule has 0 spiro atoms. The molecule has 5 nitrogen and oxygen atoms in total. The second-order valence-electron chi connectivity index (χ2n) is 7.15. The van der Waals surface area contributed by atoms with Crippen LogP contribution in [0.5, 0.6) is 5.75 Å². The van der Waals surface area contributed by atoms with E-state index in [0.717, 1.165) is 5.56 Å². The van der Waals surface area contributed by atoms with Crippen LogP contribution in [0.4, 0.5) is 4.39 Å². The summed E-state index contributed by atoms with van der Waals surface area (Å²) < 4.78 is 20.0. The van der Waals surface area contributed by atoms with Crippen LogP contribution in [0.3, 0.4) is 0 Å². The van der Waals surface area contributed by atoms with E-state index >= 15 is 0 Å². The monoisotopic (exact) mass is 454 g/mol. The van der Waals surface area contributed by atoms with Gasteiger partial charge in [-0.3, -0.25) is 9.59 Å². The zero-order valence-electron chi connectivity index (χ0n) is 17.6. The third kappa shape index (κ3) is 6.08. The summed E-state index contributed by atoms with van der Waals surface area (Å²) in [6, 6.07) is 21.5. The van der Waals surface area contributed by atoms with Gasteiger partial charge >= 0.3 is 0 Å². The van der Waals surface area contributed by atoms with Crippen LogP contribution in [0.1, 0.15) is 11.1 Å². The van der Waals surface area contributed by atoms with E-state index in [1.54, 1.807) is 42.5 Å². The van der Waals surface area contributed by atoms with Crippen molar-refractivity contribution in [3.8, 4) is 5.75 Å². The largest absolute Gasteiger partial charge is 0.482 e. The molecule has 0 aromatic heterocycles. The minimum Gasteiger partial charge on any atom is -0.482 e. The highest BCUT2D eigenvalue weighted by Crippen LogP contribution is 2.23. The maximum Gasteiger partial charge on any atom is 0.261 e. The van der Waals surface area contributed by atoms with E-state index in [-0.39, 0.29) is 25.5 Å². The Bertz CT molecular complexity index is 1060. The Morgan fingerprint density at radius 2 is 1.66 bits per heavy atom. The van der Waals surface area contributed by atoms with Gasteiger partial charge in [-0.05, 0) is 23.8 Å². The number of halogens is 2. The van der Waals surface area contributed by atoms with Crippen molar-refractivity contribution in [3.05, 3.63) is 101 Å². The lowest BCUT2D eigenvalue weighted by Gasteiger charge is -2.31. The van der Waals surface area contributed by atoms with Crippen LogP contribution in [-0.2, 0) is 22.6 Å². The lowest BCUT2D eigenvalue weighted by molar-refractivity contribution is -0.142. The van der Waals surface area contributed by atoms with E-state index in [9.17, 15) is 14.0 Å². The van der Waals surface area contributed by atoms with Crippen molar-refractivity contribution in [2.75, 3.05) is 13.7 Å². The predicted octanol–water partition coefficient (Wildman–Crippen LogP) is 4.24. The van der Waals surface area contributed by atoms with Crippen LogP contribution >= 0.6 is 11.6 Å². The van der Waals surface area contributed by atoms with Crippen LogP contribution in [-0.4, -0.2) is 36.4 Å². The Morgan fingerprint density at radius 3 is 2.34 bits per heavy atom. The molecule has 0 aliphatic heterocycles. The summed E-state index contributed by atoms with van der Waals surface area (Å²) in [5.41, 5.74) is 1.18. The van der Waals surface area contributed by atoms with Crippen molar-refractivity contribution in [1.82, 2.24) is 10.2 Å². The van der Waals surface area contributed by atoms with Gasteiger partial charge < -0.3 is 15.0 Å². The molecule has 3 rings (SSSR count). The molecule has 1 atom stereocenters. The predicted molar refractivity (Wildman–Crippen MR) is 122 cm³/mol. The fraction of sp³-hybridized carbons (Fsp3) is 0.200. The van der Waals surface area contributed by atoms with Crippen LogP contribution in [0.15, 0.2) is 78.9 Å². The number of nitrogens with one attached hydrogen (secondary N) is 1. The number of amides is 2. The lowest BCUT2D eigenvalue weighted by Crippen LogP contribution is -2.51. The van der Waals surface area contributed by atoms with Gasteiger partial charge in [0.1, 0.15) is 17.6 Å². The molecule has 166 valence electrons. The minimum absolute atomic E-state index is 0.0810. The molecule has 32 heavy (non-hydrogen) atoms. The molecule has 0 saturated heterocycles. The summed E-state index contributed by atoms with van der Waals surface area (Å²) in [6.07, 6.45) is 0.271. The smallest absolute Gasteiger partial charge is 0.261 e. The molecule has 0 bridgehead atoms. The maximum atomic E-state index is 14.4. The molecule has 3 aromatic carbocycles. The highest BCUT2D eigenvalue weighted by molar-refractivity contribution is 6.32. The second-order valence-corrected chi connectivity index (χ2v) is 7.56.